The highest BCUT2D eigenvalue weighted by Gasteiger charge is 2.10. The van der Waals surface area contributed by atoms with E-state index < -0.39 is 0 Å². The van der Waals surface area contributed by atoms with E-state index in [0.717, 1.165) is 4.88 Å². The second-order valence-corrected chi connectivity index (χ2v) is 6.18. The largest absolute Gasteiger partial charge is 0.375 e. The first kappa shape index (κ1) is 15.2. The summed E-state index contributed by atoms with van der Waals surface area (Å²) in [5, 5.41) is 6.13. The van der Waals surface area contributed by atoms with E-state index in [1.54, 1.807) is 41.5 Å². The summed E-state index contributed by atoms with van der Waals surface area (Å²) in [6, 6.07) is 9.10. The molecule has 1 aromatic carbocycles. The molecule has 0 fully saturated rings. The molecule has 0 aliphatic rings. The standard InChI is InChI=1S/C14H14Cl2N2OS/c1-18(9-11-3-2-6-20-11)14(19)8-17-13-7-10(15)4-5-12(13)16/h2-7,17H,8-9H2,1H3. The molecule has 0 atom stereocenters. The molecule has 0 aliphatic heterocycles. The Hall–Kier alpha value is -1.23. The fourth-order valence-corrected chi connectivity index (χ4v) is 2.78. The Balaban J connectivity index is 1.89. The molecule has 0 aliphatic carbocycles. The number of halogens is 2. The summed E-state index contributed by atoms with van der Waals surface area (Å²) < 4.78 is 0. The SMILES string of the molecule is CN(Cc1cccs1)C(=O)CNc1cc(Cl)ccc1Cl. The number of thiophene rings is 1. The maximum Gasteiger partial charge on any atom is 0.241 e. The number of carbonyl (C=O) groups is 1. The van der Waals surface area contributed by atoms with Crippen molar-refractivity contribution in [3.63, 3.8) is 0 Å². The number of rotatable bonds is 5. The second-order valence-electron chi connectivity index (χ2n) is 4.31. The van der Waals surface area contributed by atoms with Gasteiger partial charge >= 0.3 is 0 Å². The van der Waals surface area contributed by atoms with Crippen LogP contribution in [0.25, 0.3) is 0 Å². The van der Waals surface area contributed by atoms with Gasteiger partial charge in [-0.25, -0.2) is 0 Å². The summed E-state index contributed by atoms with van der Waals surface area (Å²) in [4.78, 5) is 14.9. The lowest BCUT2D eigenvalue weighted by atomic mass is 10.3. The van der Waals surface area contributed by atoms with Crippen molar-refractivity contribution in [1.82, 2.24) is 4.90 Å². The summed E-state index contributed by atoms with van der Waals surface area (Å²) >= 11 is 13.6. The van der Waals surface area contributed by atoms with Crippen LogP contribution in [0.5, 0.6) is 0 Å². The topological polar surface area (TPSA) is 32.3 Å². The highest BCUT2D eigenvalue weighted by atomic mass is 35.5. The van der Waals surface area contributed by atoms with Crippen molar-refractivity contribution >= 4 is 46.1 Å². The Labute approximate surface area is 132 Å². The third kappa shape index (κ3) is 4.13. The predicted octanol–water partition coefficient (Wildman–Crippen LogP) is 4.13. The van der Waals surface area contributed by atoms with Gasteiger partial charge in [-0.05, 0) is 29.6 Å². The smallest absolute Gasteiger partial charge is 0.241 e. The van der Waals surface area contributed by atoms with Crippen molar-refractivity contribution in [2.75, 3.05) is 18.9 Å². The Morgan fingerprint density at radius 3 is 2.85 bits per heavy atom. The Morgan fingerprint density at radius 1 is 1.35 bits per heavy atom. The fourth-order valence-electron chi connectivity index (χ4n) is 1.66. The second kappa shape index (κ2) is 6.97. The minimum Gasteiger partial charge on any atom is -0.375 e. The van der Waals surface area contributed by atoms with E-state index >= 15 is 0 Å². The molecule has 1 aromatic heterocycles. The molecule has 0 bridgehead atoms. The van der Waals surface area contributed by atoms with Crippen LogP contribution >= 0.6 is 34.5 Å². The van der Waals surface area contributed by atoms with Gasteiger partial charge in [0.2, 0.25) is 5.91 Å². The fraction of sp³-hybridized carbons (Fsp3) is 0.214. The van der Waals surface area contributed by atoms with E-state index in [1.165, 1.54) is 0 Å². The molecule has 0 spiro atoms. The van der Waals surface area contributed by atoms with Crippen LogP contribution in [0.4, 0.5) is 5.69 Å². The van der Waals surface area contributed by atoms with E-state index in [1.807, 2.05) is 17.5 Å². The van der Waals surface area contributed by atoms with Gasteiger partial charge in [0.05, 0.1) is 23.8 Å². The Bertz CT molecular complexity index is 587. The summed E-state index contributed by atoms with van der Waals surface area (Å²) in [5.41, 5.74) is 0.664. The van der Waals surface area contributed by atoms with Crippen LogP contribution < -0.4 is 5.32 Å². The number of carbonyl (C=O) groups excluding carboxylic acids is 1. The van der Waals surface area contributed by atoms with Gasteiger partial charge in [0, 0.05) is 16.9 Å². The molecule has 0 radical (unpaired) electrons. The van der Waals surface area contributed by atoms with E-state index in [2.05, 4.69) is 5.32 Å². The number of nitrogens with zero attached hydrogens (tertiary/aromatic N) is 1. The maximum absolute atomic E-state index is 12.0. The highest BCUT2D eigenvalue weighted by Crippen LogP contribution is 2.25. The highest BCUT2D eigenvalue weighted by molar-refractivity contribution is 7.09. The summed E-state index contributed by atoms with van der Waals surface area (Å²) in [6.45, 7) is 0.795. The monoisotopic (exact) mass is 328 g/mol. The van der Waals surface area contributed by atoms with Crippen LogP contribution in [-0.2, 0) is 11.3 Å². The van der Waals surface area contributed by atoms with Gasteiger partial charge in [0.25, 0.3) is 0 Å². The zero-order valence-electron chi connectivity index (χ0n) is 10.9. The van der Waals surface area contributed by atoms with Crippen LogP contribution in [0.15, 0.2) is 35.7 Å². The lowest BCUT2D eigenvalue weighted by Gasteiger charge is -2.17. The predicted molar refractivity (Wildman–Crippen MR) is 85.7 cm³/mol. The molecule has 0 saturated carbocycles. The Kier molecular flexibility index (Phi) is 5.29. The minimum absolute atomic E-state index is 0.00515. The molecule has 1 heterocycles. The molecular formula is C14H14Cl2N2OS. The Morgan fingerprint density at radius 2 is 2.15 bits per heavy atom. The van der Waals surface area contributed by atoms with Crippen molar-refractivity contribution in [2.45, 2.75) is 6.54 Å². The van der Waals surface area contributed by atoms with E-state index in [0.29, 0.717) is 22.3 Å². The van der Waals surface area contributed by atoms with E-state index in [4.69, 9.17) is 23.2 Å². The molecule has 1 amide bonds. The molecular weight excluding hydrogens is 315 g/mol. The van der Waals surface area contributed by atoms with Gasteiger partial charge in [-0.1, -0.05) is 29.3 Å². The lowest BCUT2D eigenvalue weighted by Crippen LogP contribution is -2.31. The first-order valence-electron chi connectivity index (χ1n) is 6.01. The molecule has 106 valence electrons. The van der Waals surface area contributed by atoms with Crippen LogP contribution in [0, 0.1) is 0 Å². The van der Waals surface area contributed by atoms with Gasteiger partial charge < -0.3 is 10.2 Å². The van der Waals surface area contributed by atoms with Crippen molar-refractivity contribution in [2.24, 2.45) is 0 Å². The van der Waals surface area contributed by atoms with Crippen molar-refractivity contribution in [3.05, 3.63) is 50.6 Å². The zero-order chi connectivity index (χ0) is 14.5. The summed E-state index contributed by atoms with van der Waals surface area (Å²) in [7, 11) is 1.78. The van der Waals surface area contributed by atoms with Crippen LogP contribution in [0.2, 0.25) is 10.0 Å². The molecule has 2 aromatic rings. The van der Waals surface area contributed by atoms with Gasteiger partial charge in [-0.3, -0.25) is 4.79 Å². The zero-order valence-corrected chi connectivity index (χ0v) is 13.2. The first-order valence-corrected chi connectivity index (χ1v) is 7.65. The van der Waals surface area contributed by atoms with Crippen molar-refractivity contribution in [3.8, 4) is 0 Å². The number of amides is 1. The summed E-state index contributed by atoms with van der Waals surface area (Å²) in [6.07, 6.45) is 0. The normalized spacial score (nSPS) is 10.3. The van der Waals surface area contributed by atoms with E-state index in [-0.39, 0.29) is 12.5 Å². The molecule has 2 rings (SSSR count). The van der Waals surface area contributed by atoms with Gasteiger partial charge in [0.1, 0.15) is 0 Å². The molecule has 0 unspecified atom stereocenters. The third-order valence-corrected chi connectivity index (χ3v) is 4.18. The van der Waals surface area contributed by atoms with Crippen LogP contribution in [0.3, 0.4) is 0 Å². The third-order valence-electron chi connectivity index (χ3n) is 2.76. The van der Waals surface area contributed by atoms with Crippen molar-refractivity contribution in [1.29, 1.82) is 0 Å². The van der Waals surface area contributed by atoms with E-state index in [9.17, 15) is 4.79 Å². The van der Waals surface area contributed by atoms with Crippen LogP contribution in [0.1, 0.15) is 4.88 Å². The number of benzene rings is 1. The number of anilines is 1. The van der Waals surface area contributed by atoms with Gasteiger partial charge in [-0.2, -0.15) is 0 Å². The molecule has 1 N–H and O–H groups in total. The molecule has 3 nitrogen and oxygen atoms in total. The molecule has 6 heteroatoms. The first-order chi connectivity index (χ1) is 9.56. The molecule has 20 heavy (non-hydrogen) atoms. The van der Waals surface area contributed by atoms with Gasteiger partial charge in [0.15, 0.2) is 0 Å². The minimum atomic E-state index is -0.00515. The summed E-state index contributed by atoms with van der Waals surface area (Å²) in [5.74, 6) is -0.00515. The maximum atomic E-state index is 12.0. The quantitative estimate of drug-likeness (QED) is 0.895. The number of hydrogen-bond donors (Lipinski definition) is 1. The average Bonchev–Trinajstić information content (AvgIpc) is 2.92. The van der Waals surface area contributed by atoms with Gasteiger partial charge in [-0.15, -0.1) is 11.3 Å². The number of nitrogens with one attached hydrogen (secondary N) is 1. The van der Waals surface area contributed by atoms with Crippen LogP contribution in [-0.4, -0.2) is 24.4 Å². The lowest BCUT2D eigenvalue weighted by molar-refractivity contribution is -0.128. The number of hydrogen-bond acceptors (Lipinski definition) is 3. The average molecular weight is 329 g/mol. The molecule has 0 saturated heterocycles. The van der Waals surface area contributed by atoms with Crippen molar-refractivity contribution < 1.29 is 4.79 Å². The number of likely N-dealkylation sites (N-methyl/N-ethyl adjacent to an activating group) is 1.